The van der Waals surface area contributed by atoms with Crippen LogP contribution in [0.5, 0.6) is 5.75 Å². The Balaban J connectivity index is 2.21. The number of nitrogens with zero attached hydrogens (tertiary/aromatic N) is 1. The van der Waals surface area contributed by atoms with Crippen LogP contribution in [0.4, 0.5) is 0 Å². The lowest BCUT2D eigenvalue weighted by Crippen LogP contribution is -2.22. The maximum atomic E-state index is 12.2. The molecule has 0 N–H and O–H groups in total. The van der Waals surface area contributed by atoms with E-state index in [2.05, 4.69) is 0 Å². The fraction of sp³-hybridized carbons (Fsp3) is 0.278. The molecule has 0 aromatic heterocycles. The molecule has 0 bridgehead atoms. The maximum absolute atomic E-state index is 12.2. The molecule has 0 spiro atoms. The fourth-order valence-electron chi connectivity index (χ4n) is 2.19. The van der Waals surface area contributed by atoms with Crippen molar-refractivity contribution >= 4 is 39.2 Å². The van der Waals surface area contributed by atoms with Crippen LogP contribution < -0.4 is 4.74 Å². The highest BCUT2D eigenvalue weighted by molar-refractivity contribution is 7.89. The smallest absolute Gasteiger partial charge is 0.338 e. The van der Waals surface area contributed by atoms with Crippen LogP contribution in [0.25, 0.3) is 0 Å². The van der Waals surface area contributed by atoms with Crippen LogP contribution in [-0.2, 0) is 21.4 Å². The number of ether oxygens (including phenoxy) is 2. The average molecular weight is 432 g/mol. The number of carbonyl (C=O) groups excluding carboxylic acids is 1. The van der Waals surface area contributed by atoms with Gasteiger partial charge in [0.25, 0.3) is 0 Å². The van der Waals surface area contributed by atoms with Gasteiger partial charge in [-0.25, -0.2) is 17.5 Å². The van der Waals surface area contributed by atoms with Crippen molar-refractivity contribution < 1.29 is 22.7 Å². The average Bonchev–Trinajstić information content (AvgIpc) is 2.61. The van der Waals surface area contributed by atoms with Gasteiger partial charge in [0.05, 0.1) is 27.1 Å². The van der Waals surface area contributed by atoms with Gasteiger partial charge in [0.15, 0.2) is 5.75 Å². The van der Waals surface area contributed by atoms with Gasteiger partial charge in [-0.15, -0.1) is 0 Å². The van der Waals surface area contributed by atoms with E-state index in [-0.39, 0.29) is 39.5 Å². The number of hydrogen-bond acceptors (Lipinski definition) is 5. The van der Waals surface area contributed by atoms with Crippen molar-refractivity contribution in [3.8, 4) is 5.75 Å². The van der Waals surface area contributed by atoms with Crippen molar-refractivity contribution in [2.75, 3.05) is 20.7 Å². The summed E-state index contributed by atoms with van der Waals surface area (Å²) in [5.41, 5.74) is 0.845. The van der Waals surface area contributed by atoms with Gasteiger partial charge in [0.2, 0.25) is 10.0 Å². The van der Waals surface area contributed by atoms with Gasteiger partial charge < -0.3 is 9.47 Å². The Morgan fingerprint density at radius 2 is 1.74 bits per heavy atom. The van der Waals surface area contributed by atoms with Crippen molar-refractivity contribution in [3.63, 3.8) is 0 Å². The molecule has 0 aliphatic rings. The highest BCUT2D eigenvalue weighted by Gasteiger charge is 2.18. The molecule has 146 valence electrons. The number of carbonyl (C=O) groups is 1. The monoisotopic (exact) mass is 431 g/mol. The molecule has 0 unspecified atom stereocenters. The number of benzene rings is 2. The van der Waals surface area contributed by atoms with E-state index in [9.17, 15) is 13.2 Å². The summed E-state index contributed by atoms with van der Waals surface area (Å²) in [7, 11) is -0.622. The molecule has 0 atom stereocenters. The minimum atomic E-state index is -3.55. The summed E-state index contributed by atoms with van der Waals surface area (Å²) in [6.07, 6.45) is 0. The van der Waals surface area contributed by atoms with Gasteiger partial charge in [-0.3, -0.25) is 0 Å². The molecular formula is C18H19Cl2NO5S. The zero-order valence-electron chi connectivity index (χ0n) is 15.0. The van der Waals surface area contributed by atoms with E-state index < -0.39 is 16.0 Å². The molecule has 0 saturated carbocycles. The second-order valence-corrected chi connectivity index (χ2v) is 8.68. The van der Waals surface area contributed by atoms with E-state index in [0.717, 1.165) is 4.31 Å². The molecule has 6 nitrogen and oxygen atoms in total. The largest absolute Gasteiger partial charge is 0.486 e. The quantitative estimate of drug-likeness (QED) is 0.619. The van der Waals surface area contributed by atoms with Crippen LogP contribution in [0.2, 0.25) is 10.0 Å². The first-order valence-corrected chi connectivity index (χ1v) is 10.2. The topological polar surface area (TPSA) is 72.9 Å². The molecule has 2 aromatic carbocycles. The van der Waals surface area contributed by atoms with E-state index in [1.807, 2.05) is 0 Å². The Kier molecular flexibility index (Phi) is 7.11. The third-order valence-corrected chi connectivity index (χ3v) is 5.94. The van der Waals surface area contributed by atoms with E-state index in [0.29, 0.717) is 5.56 Å². The Morgan fingerprint density at radius 3 is 2.30 bits per heavy atom. The molecule has 0 saturated heterocycles. The Morgan fingerprint density at radius 1 is 1.11 bits per heavy atom. The lowest BCUT2D eigenvalue weighted by Gasteiger charge is -2.14. The minimum absolute atomic E-state index is 0.0506. The molecule has 0 amide bonds. The molecule has 0 aliphatic heterocycles. The summed E-state index contributed by atoms with van der Waals surface area (Å²) in [6, 6.07) is 9.20. The first-order valence-electron chi connectivity index (χ1n) is 7.97. The highest BCUT2D eigenvalue weighted by atomic mass is 35.5. The minimum Gasteiger partial charge on any atom is -0.486 e. The third kappa shape index (κ3) is 5.13. The van der Waals surface area contributed by atoms with Crippen molar-refractivity contribution in [3.05, 3.63) is 57.6 Å². The third-order valence-electron chi connectivity index (χ3n) is 3.57. The number of esters is 1. The Bertz CT molecular complexity index is 922. The SMILES string of the molecule is CCOC(=O)c1cc(Cl)c(OCc2cccc(S(=O)(=O)N(C)C)c2)c(Cl)c1. The van der Waals surface area contributed by atoms with Gasteiger partial charge in [-0.1, -0.05) is 35.3 Å². The van der Waals surface area contributed by atoms with Gasteiger partial charge >= 0.3 is 5.97 Å². The van der Waals surface area contributed by atoms with Crippen LogP contribution in [0, 0.1) is 0 Å². The normalized spacial score (nSPS) is 11.5. The van der Waals surface area contributed by atoms with Crippen LogP contribution in [0.3, 0.4) is 0 Å². The van der Waals surface area contributed by atoms with Crippen molar-refractivity contribution in [1.82, 2.24) is 4.31 Å². The summed E-state index contributed by atoms with van der Waals surface area (Å²) in [6.45, 7) is 1.98. The highest BCUT2D eigenvalue weighted by Crippen LogP contribution is 2.35. The predicted octanol–water partition coefficient (Wildman–Crippen LogP) is 4.00. The maximum Gasteiger partial charge on any atom is 0.338 e. The van der Waals surface area contributed by atoms with E-state index in [4.69, 9.17) is 32.7 Å². The predicted molar refractivity (Wildman–Crippen MR) is 104 cm³/mol. The first kappa shape index (κ1) is 21.5. The van der Waals surface area contributed by atoms with E-state index in [1.165, 1.54) is 38.4 Å². The van der Waals surface area contributed by atoms with Crippen LogP contribution in [0.15, 0.2) is 41.3 Å². The van der Waals surface area contributed by atoms with Crippen LogP contribution >= 0.6 is 23.2 Å². The molecule has 0 radical (unpaired) electrons. The second-order valence-electron chi connectivity index (χ2n) is 5.71. The fourth-order valence-corrected chi connectivity index (χ4v) is 3.76. The summed E-state index contributed by atoms with van der Waals surface area (Å²) in [4.78, 5) is 11.9. The molecule has 0 heterocycles. The summed E-state index contributed by atoms with van der Waals surface area (Å²) in [5, 5.41) is 0.310. The van der Waals surface area contributed by atoms with Crippen molar-refractivity contribution in [2.45, 2.75) is 18.4 Å². The molecule has 0 aliphatic carbocycles. The first-order chi connectivity index (χ1) is 12.7. The molecule has 27 heavy (non-hydrogen) atoms. The van der Waals surface area contributed by atoms with Gasteiger partial charge in [-0.2, -0.15) is 0 Å². The number of sulfonamides is 1. The molecule has 2 rings (SSSR count). The van der Waals surface area contributed by atoms with Crippen molar-refractivity contribution in [2.24, 2.45) is 0 Å². The molecular weight excluding hydrogens is 413 g/mol. The number of rotatable bonds is 7. The summed E-state index contributed by atoms with van der Waals surface area (Å²) >= 11 is 12.3. The summed E-state index contributed by atoms with van der Waals surface area (Å²) in [5.74, 6) is -0.332. The zero-order chi connectivity index (χ0) is 20.2. The Labute approximate surface area is 168 Å². The second kappa shape index (κ2) is 8.93. The number of hydrogen-bond donors (Lipinski definition) is 0. The Hall–Kier alpha value is -1.80. The molecule has 9 heteroatoms. The van der Waals surface area contributed by atoms with Crippen LogP contribution in [-0.4, -0.2) is 39.4 Å². The van der Waals surface area contributed by atoms with E-state index >= 15 is 0 Å². The molecule has 0 fully saturated rings. The van der Waals surface area contributed by atoms with Gasteiger partial charge in [-0.05, 0) is 36.8 Å². The standard InChI is InChI=1S/C18H19Cl2NO5S/c1-4-25-18(22)13-9-15(19)17(16(20)10-13)26-11-12-6-5-7-14(8-12)27(23,24)21(2)3/h5-10H,4,11H2,1-3H3. The van der Waals surface area contributed by atoms with E-state index in [1.54, 1.807) is 19.1 Å². The van der Waals surface area contributed by atoms with Gasteiger partial charge in [0, 0.05) is 14.1 Å². The summed E-state index contributed by atoms with van der Waals surface area (Å²) < 4.78 is 36.1. The molecule has 2 aromatic rings. The van der Waals surface area contributed by atoms with Gasteiger partial charge in [0.1, 0.15) is 6.61 Å². The number of halogens is 2. The lowest BCUT2D eigenvalue weighted by atomic mass is 10.2. The zero-order valence-corrected chi connectivity index (χ0v) is 17.4. The van der Waals surface area contributed by atoms with Crippen molar-refractivity contribution in [1.29, 1.82) is 0 Å². The van der Waals surface area contributed by atoms with Crippen LogP contribution in [0.1, 0.15) is 22.8 Å². The lowest BCUT2D eigenvalue weighted by molar-refractivity contribution is 0.0526.